The first-order chi connectivity index (χ1) is 15.1. The van der Waals surface area contributed by atoms with Gasteiger partial charge < -0.3 is 4.42 Å². The lowest BCUT2D eigenvalue weighted by Gasteiger charge is -2.20. The van der Waals surface area contributed by atoms with Gasteiger partial charge in [0, 0.05) is 34.3 Å². The summed E-state index contributed by atoms with van der Waals surface area (Å²) < 4.78 is 8.80. The molecule has 1 atom stereocenters. The Morgan fingerprint density at radius 1 is 1.06 bits per heavy atom. The maximum atomic E-state index is 6.51. The Labute approximate surface area is 182 Å². The average molecular weight is 407 g/mol. The molecule has 0 saturated heterocycles. The van der Waals surface area contributed by atoms with Gasteiger partial charge >= 0.3 is 0 Å². The van der Waals surface area contributed by atoms with Gasteiger partial charge in [-0.1, -0.05) is 57.2 Å². The largest absolute Gasteiger partial charge is 0.456 e. The van der Waals surface area contributed by atoms with Gasteiger partial charge in [0.2, 0.25) is 0 Å². The number of para-hydroxylation sites is 1. The Bertz CT molecular complexity index is 1440. The molecule has 0 spiro atoms. The summed E-state index contributed by atoms with van der Waals surface area (Å²) in [4.78, 5) is 4.77. The van der Waals surface area contributed by atoms with Crippen molar-refractivity contribution in [3.05, 3.63) is 83.7 Å². The van der Waals surface area contributed by atoms with Crippen LogP contribution in [0, 0.1) is 5.92 Å². The lowest BCUT2D eigenvalue weighted by molar-refractivity contribution is 0.637. The molecule has 1 aliphatic rings. The van der Waals surface area contributed by atoms with Crippen molar-refractivity contribution in [3.63, 3.8) is 0 Å². The van der Waals surface area contributed by atoms with Crippen LogP contribution in [-0.4, -0.2) is 9.55 Å². The molecular weight excluding hydrogens is 380 g/mol. The minimum Gasteiger partial charge on any atom is -0.456 e. The van der Waals surface area contributed by atoms with Crippen LogP contribution in [0.5, 0.6) is 0 Å². The van der Waals surface area contributed by atoms with E-state index in [-0.39, 0.29) is 0 Å². The van der Waals surface area contributed by atoms with Crippen LogP contribution in [0.2, 0.25) is 0 Å². The van der Waals surface area contributed by atoms with E-state index < -0.39 is 0 Å². The van der Waals surface area contributed by atoms with Gasteiger partial charge in [0.15, 0.2) is 0 Å². The van der Waals surface area contributed by atoms with Gasteiger partial charge in [-0.15, -0.1) is 0 Å². The average Bonchev–Trinajstić information content (AvgIpc) is 3.38. The van der Waals surface area contributed by atoms with Crippen molar-refractivity contribution >= 4 is 21.9 Å². The highest BCUT2D eigenvalue weighted by Crippen LogP contribution is 2.41. The van der Waals surface area contributed by atoms with Crippen LogP contribution in [0.4, 0.5) is 0 Å². The summed E-state index contributed by atoms with van der Waals surface area (Å²) in [5, 5.41) is 2.43. The van der Waals surface area contributed by atoms with E-state index in [1.807, 2.05) is 6.20 Å². The van der Waals surface area contributed by atoms with E-state index in [0.29, 0.717) is 11.8 Å². The first-order valence-corrected chi connectivity index (χ1v) is 11.2. The Hall–Kier alpha value is -3.33. The third-order valence-electron chi connectivity index (χ3n) is 6.55. The summed E-state index contributed by atoms with van der Waals surface area (Å²) in [5.74, 6) is 1.93. The van der Waals surface area contributed by atoms with Gasteiger partial charge in [-0.05, 0) is 54.0 Å². The fraction of sp³-hybridized carbons (Fsp3) is 0.250. The maximum absolute atomic E-state index is 6.51. The molecule has 1 unspecified atom stereocenters. The Balaban J connectivity index is 1.77. The molecule has 0 radical (unpaired) electrons. The molecule has 0 saturated carbocycles. The number of nitrogens with zero attached hydrogens (tertiary/aromatic N) is 2. The molecule has 3 heterocycles. The van der Waals surface area contributed by atoms with Gasteiger partial charge in [-0.2, -0.15) is 0 Å². The van der Waals surface area contributed by atoms with E-state index in [1.54, 1.807) is 0 Å². The number of fused-ring (bicyclic) bond motifs is 10. The number of rotatable bonds is 2. The molecule has 154 valence electrons. The summed E-state index contributed by atoms with van der Waals surface area (Å²) in [7, 11) is 0. The first-order valence-electron chi connectivity index (χ1n) is 11.2. The number of benzene rings is 3. The fourth-order valence-corrected chi connectivity index (χ4v) is 5.17. The zero-order valence-corrected chi connectivity index (χ0v) is 18.2. The van der Waals surface area contributed by atoms with E-state index in [4.69, 9.17) is 9.40 Å². The van der Waals surface area contributed by atoms with Crippen LogP contribution in [-0.2, 0) is 12.8 Å². The zero-order chi connectivity index (χ0) is 21.1. The number of furan rings is 1. The molecular formula is C28H26N2O. The summed E-state index contributed by atoms with van der Waals surface area (Å²) >= 11 is 0. The standard InChI is InChI=1S/C28H26N2O/c1-17(2)13-21-16-23-22-9-4-5-10-25(22)31-27(23)24-14-18(3)19-7-6-8-20(15-19)28-29-11-12-30(28)26(21)24/h4-12,15-18H,13-14H2,1-3H3. The quantitative estimate of drug-likeness (QED) is 0.308. The van der Waals surface area contributed by atoms with E-state index in [2.05, 4.69) is 86.1 Å². The monoisotopic (exact) mass is 406 g/mol. The highest BCUT2D eigenvalue weighted by Gasteiger charge is 2.25. The number of imidazole rings is 1. The molecule has 6 rings (SSSR count). The number of hydrogen-bond donors (Lipinski definition) is 0. The first kappa shape index (κ1) is 18.4. The van der Waals surface area contributed by atoms with Crippen molar-refractivity contribution in [3.8, 4) is 17.1 Å². The highest BCUT2D eigenvalue weighted by atomic mass is 16.3. The fourth-order valence-electron chi connectivity index (χ4n) is 5.17. The summed E-state index contributed by atoms with van der Waals surface area (Å²) in [5.41, 5.74) is 8.40. The van der Waals surface area contributed by atoms with Crippen LogP contribution in [0.15, 0.2) is 71.4 Å². The minimum absolute atomic E-state index is 0.383. The van der Waals surface area contributed by atoms with E-state index in [0.717, 1.165) is 29.8 Å². The van der Waals surface area contributed by atoms with Crippen LogP contribution in [0.3, 0.4) is 0 Å². The van der Waals surface area contributed by atoms with Gasteiger partial charge in [0.05, 0.1) is 5.69 Å². The van der Waals surface area contributed by atoms with Crippen molar-refractivity contribution in [2.24, 2.45) is 5.92 Å². The zero-order valence-electron chi connectivity index (χ0n) is 18.2. The maximum Gasteiger partial charge on any atom is 0.144 e. The molecule has 31 heavy (non-hydrogen) atoms. The third kappa shape index (κ3) is 2.83. The van der Waals surface area contributed by atoms with Crippen molar-refractivity contribution < 1.29 is 4.42 Å². The van der Waals surface area contributed by atoms with Crippen molar-refractivity contribution in [2.45, 2.75) is 39.5 Å². The van der Waals surface area contributed by atoms with Crippen molar-refractivity contribution in [1.82, 2.24) is 9.55 Å². The molecule has 2 bridgehead atoms. The van der Waals surface area contributed by atoms with E-state index in [1.165, 1.54) is 38.7 Å². The Morgan fingerprint density at radius 2 is 1.94 bits per heavy atom. The second-order valence-corrected chi connectivity index (χ2v) is 9.29. The predicted molar refractivity (Wildman–Crippen MR) is 127 cm³/mol. The molecule has 0 fully saturated rings. The summed E-state index contributed by atoms with van der Waals surface area (Å²) in [6, 6.07) is 19.6. The molecule has 2 aromatic heterocycles. The van der Waals surface area contributed by atoms with Crippen molar-refractivity contribution in [1.29, 1.82) is 0 Å². The van der Waals surface area contributed by atoms with E-state index >= 15 is 0 Å². The molecule has 3 nitrogen and oxygen atoms in total. The van der Waals surface area contributed by atoms with Crippen molar-refractivity contribution in [2.75, 3.05) is 0 Å². The third-order valence-corrected chi connectivity index (χ3v) is 6.55. The topological polar surface area (TPSA) is 31.0 Å². The Kier molecular flexibility index (Phi) is 4.07. The highest BCUT2D eigenvalue weighted by molar-refractivity contribution is 6.07. The number of aromatic nitrogens is 2. The molecule has 3 heteroatoms. The van der Waals surface area contributed by atoms with Crippen LogP contribution < -0.4 is 0 Å². The normalized spacial score (nSPS) is 15.5. The van der Waals surface area contributed by atoms with Gasteiger partial charge in [0.25, 0.3) is 0 Å². The smallest absolute Gasteiger partial charge is 0.144 e. The SMILES string of the molecule is CC(C)Cc1cc2c(oc3ccccc32)c2c1-n1ccnc1-c1cccc(c1)C(C)C2. The lowest BCUT2D eigenvalue weighted by Crippen LogP contribution is -2.09. The summed E-state index contributed by atoms with van der Waals surface area (Å²) in [6.07, 6.45) is 5.97. The molecule has 0 N–H and O–H groups in total. The Morgan fingerprint density at radius 3 is 2.81 bits per heavy atom. The molecule has 1 aliphatic heterocycles. The van der Waals surface area contributed by atoms with Crippen LogP contribution in [0.1, 0.15) is 43.4 Å². The predicted octanol–water partition coefficient (Wildman–Crippen LogP) is 7.30. The van der Waals surface area contributed by atoms with Gasteiger partial charge in [-0.3, -0.25) is 4.57 Å². The second kappa shape index (κ2) is 6.84. The molecule has 0 amide bonds. The van der Waals surface area contributed by atoms with Gasteiger partial charge in [0.1, 0.15) is 17.0 Å². The lowest BCUT2D eigenvalue weighted by atomic mass is 9.88. The van der Waals surface area contributed by atoms with E-state index in [9.17, 15) is 0 Å². The van der Waals surface area contributed by atoms with Crippen LogP contribution in [0.25, 0.3) is 39.0 Å². The molecule has 5 aromatic rings. The molecule has 0 aliphatic carbocycles. The molecule has 3 aromatic carbocycles. The second-order valence-electron chi connectivity index (χ2n) is 9.29. The minimum atomic E-state index is 0.383. The number of hydrogen-bond acceptors (Lipinski definition) is 2. The van der Waals surface area contributed by atoms with Crippen LogP contribution >= 0.6 is 0 Å². The van der Waals surface area contributed by atoms with Gasteiger partial charge in [-0.25, -0.2) is 4.98 Å². The summed E-state index contributed by atoms with van der Waals surface area (Å²) in [6.45, 7) is 6.90.